The number of rotatable bonds is 4. The van der Waals surface area contributed by atoms with Crippen LogP contribution in [0.5, 0.6) is 5.75 Å². The lowest BCUT2D eigenvalue weighted by molar-refractivity contribution is 0.273. The second-order valence-electron chi connectivity index (χ2n) is 5.22. The Hall–Kier alpha value is -1.54. The molecule has 0 aliphatic heterocycles. The lowest BCUT2D eigenvalue weighted by Gasteiger charge is -2.25. The van der Waals surface area contributed by atoms with E-state index in [1.807, 2.05) is 12.1 Å². The Morgan fingerprint density at radius 1 is 1.20 bits per heavy atom. The monoisotopic (exact) mass is 287 g/mol. The highest BCUT2D eigenvalue weighted by Gasteiger charge is 2.20. The molecule has 0 N–H and O–H groups in total. The van der Waals surface area contributed by atoms with E-state index in [1.54, 1.807) is 6.20 Å². The van der Waals surface area contributed by atoms with Crippen molar-refractivity contribution in [3.8, 4) is 5.75 Å². The first-order chi connectivity index (χ1) is 9.86. The fourth-order valence-corrected chi connectivity index (χ4v) is 2.96. The number of hydrogen-bond donors (Lipinski definition) is 0. The zero-order valence-electron chi connectivity index (χ0n) is 11.4. The summed E-state index contributed by atoms with van der Waals surface area (Å²) in [7, 11) is 0. The normalized spacial score (nSPS) is 17.6. The van der Waals surface area contributed by atoms with Crippen LogP contribution in [-0.2, 0) is 12.3 Å². The third-order valence-electron chi connectivity index (χ3n) is 3.88. The maximum atomic E-state index is 5.90. The number of fused-ring (bicyclic) bond motifs is 1. The molecule has 2 aromatic rings. The second-order valence-corrected chi connectivity index (χ2v) is 5.49. The van der Waals surface area contributed by atoms with Crippen LogP contribution in [0.1, 0.15) is 35.6 Å². The molecule has 1 aliphatic rings. The minimum atomic E-state index is 0.441. The van der Waals surface area contributed by atoms with Gasteiger partial charge in [0.05, 0.1) is 24.4 Å². The van der Waals surface area contributed by atoms with E-state index in [4.69, 9.17) is 16.3 Å². The van der Waals surface area contributed by atoms with Crippen molar-refractivity contribution in [3.05, 3.63) is 59.4 Å². The van der Waals surface area contributed by atoms with Gasteiger partial charge in [0.25, 0.3) is 0 Å². The summed E-state index contributed by atoms with van der Waals surface area (Å²) in [6.07, 6.45) is 5.39. The number of nitrogens with zero attached hydrogens (tertiary/aromatic N) is 1. The number of alkyl halides is 1. The van der Waals surface area contributed by atoms with Crippen molar-refractivity contribution in [2.45, 2.75) is 31.1 Å². The van der Waals surface area contributed by atoms with Crippen molar-refractivity contribution in [3.63, 3.8) is 0 Å². The van der Waals surface area contributed by atoms with Gasteiger partial charge >= 0.3 is 0 Å². The second kappa shape index (κ2) is 6.27. The van der Waals surface area contributed by atoms with Gasteiger partial charge in [0, 0.05) is 5.92 Å². The van der Waals surface area contributed by atoms with Crippen molar-refractivity contribution < 1.29 is 4.74 Å². The molecule has 0 spiro atoms. The molecule has 0 saturated carbocycles. The molecule has 20 heavy (non-hydrogen) atoms. The Labute approximate surface area is 124 Å². The quantitative estimate of drug-likeness (QED) is 0.781. The van der Waals surface area contributed by atoms with E-state index in [-0.39, 0.29) is 0 Å². The molecule has 0 amide bonds. The smallest absolute Gasteiger partial charge is 0.137 e. The predicted octanol–water partition coefficient (Wildman–Crippen LogP) is 4.32. The Balaban J connectivity index is 1.66. The molecule has 0 radical (unpaired) electrons. The largest absolute Gasteiger partial charge is 0.491 e. The van der Waals surface area contributed by atoms with Gasteiger partial charge in [-0.1, -0.05) is 24.3 Å². The minimum absolute atomic E-state index is 0.441. The highest BCUT2D eigenvalue weighted by atomic mass is 35.5. The molecule has 1 heterocycles. The van der Waals surface area contributed by atoms with Gasteiger partial charge in [0.15, 0.2) is 0 Å². The summed E-state index contributed by atoms with van der Waals surface area (Å²) in [5.41, 5.74) is 3.80. The average molecular weight is 288 g/mol. The molecular weight excluding hydrogens is 270 g/mol. The van der Waals surface area contributed by atoms with Gasteiger partial charge in [0.1, 0.15) is 5.75 Å². The van der Waals surface area contributed by atoms with E-state index >= 15 is 0 Å². The molecule has 0 saturated heterocycles. The average Bonchev–Trinajstić information content (AvgIpc) is 2.53. The molecule has 3 rings (SSSR count). The number of hydrogen-bond acceptors (Lipinski definition) is 2. The minimum Gasteiger partial charge on any atom is -0.491 e. The number of pyridine rings is 1. The lowest BCUT2D eigenvalue weighted by Crippen LogP contribution is -2.16. The first-order valence-corrected chi connectivity index (χ1v) is 7.62. The van der Waals surface area contributed by atoms with Gasteiger partial charge in [0.2, 0.25) is 0 Å². The van der Waals surface area contributed by atoms with Crippen molar-refractivity contribution in [1.82, 2.24) is 4.98 Å². The summed E-state index contributed by atoms with van der Waals surface area (Å²) in [6, 6.07) is 12.6. The van der Waals surface area contributed by atoms with Crippen LogP contribution in [0.25, 0.3) is 0 Å². The first kappa shape index (κ1) is 13.4. The van der Waals surface area contributed by atoms with Gasteiger partial charge in [-0.2, -0.15) is 0 Å². The fourth-order valence-electron chi connectivity index (χ4n) is 2.80. The Morgan fingerprint density at radius 2 is 2.10 bits per heavy atom. The highest BCUT2D eigenvalue weighted by Crippen LogP contribution is 2.31. The lowest BCUT2D eigenvalue weighted by atomic mass is 9.83. The van der Waals surface area contributed by atoms with Crippen LogP contribution in [-0.4, -0.2) is 11.6 Å². The van der Waals surface area contributed by atoms with E-state index in [0.717, 1.165) is 18.1 Å². The van der Waals surface area contributed by atoms with Gasteiger partial charge in [-0.15, -0.1) is 11.6 Å². The summed E-state index contributed by atoms with van der Waals surface area (Å²) in [4.78, 5) is 4.25. The van der Waals surface area contributed by atoms with Gasteiger partial charge in [-0.25, -0.2) is 0 Å². The molecule has 104 valence electrons. The summed E-state index contributed by atoms with van der Waals surface area (Å²) in [6.45, 7) is 0.721. The first-order valence-electron chi connectivity index (χ1n) is 7.08. The van der Waals surface area contributed by atoms with E-state index < -0.39 is 0 Å². The SMILES string of the molecule is ClCc1ccc(OCC2CCCc3ccccc32)cn1. The Kier molecular flexibility index (Phi) is 4.22. The molecule has 0 fully saturated rings. The molecular formula is C17H18ClNO. The van der Waals surface area contributed by atoms with E-state index in [2.05, 4.69) is 29.2 Å². The number of ether oxygens (including phenoxy) is 1. The summed E-state index contributed by atoms with van der Waals surface area (Å²) >= 11 is 5.73. The van der Waals surface area contributed by atoms with Crippen LogP contribution in [0.15, 0.2) is 42.6 Å². The van der Waals surface area contributed by atoms with Crippen LogP contribution >= 0.6 is 11.6 Å². The molecule has 1 atom stereocenters. The standard InChI is InChI=1S/C17H18ClNO/c18-10-15-8-9-16(11-19-15)20-12-14-6-3-5-13-4-1-2-7-17(13)14/h1-2,4,7-9,11,14H,3,5-6,10,12H2. The molecule has 1 aromatic heterocycles. The third-order valence-corrected chi connectivity index (χ3v) is 4.15. The van der Waals surface area contributed by atoms with Gasteiger partial charge < -0.3 is 4.74 Å². The van der Waals surface area contributed by atoms with Crippen LogP contribution in [0.3, 0.4) is 0 Å². The Morgan fingerprint density at radius 3 is 2.90 bits per heavy atom. The van der Waals surface area contributed by atoms with Crippen LogP contribution in [0.2, 0.25) is 0 Å². The number of aromatic nitrogens is 1. The van der Waals surface area contributed by atoms with Gasteiger partial charge in [-0.3, -0.25) is 4.98 Å². The molecule has 3 heteroatoms. The highest BCUT2D eigenvalue weighted by molar-refractivity contribution is 6.16. The zero-order valence-corrected chi connectivity index (χ0v) is 12.1. The number of halogens is 1. The Bertz CT molecular complexity index is 567. The van der Waals surface area contributed by atoms with Crippen molar-refractivity contribution in [1.29, 1.82) is 0 Å². The molecule has 2 nitrogen and oxygen atoms in total. The van der Waals surface area contributed by atoms with Crippen LogP contribution in [0.4, 0.5) is 0 Å². The summed E-state index contributed by atoms with van der Waals surface area (Å²) in [5, 5.41) is 0. The maximum absolute atomic E-state index is 5.90. The summed E-state index contributed by atoms with van der Waals surface area (Å²) in [5.74, 6) is 1.76. The van der Waals surface area contributed by atoms with Crippen molar-refractivity contribution >= 4 is 11.6 Å². The van der Waals surface area contributed by atoms with Crippen molar-refractivity contribution in [2.75, 3.05) is 6.61 Å². The maximum Gasteiger partial charge on any atom is 0.137 e. The van der Waals surface area contributed by atoms with E-state index in [0.29, 0.717) is 11.8 Å². The number of benzene rings is 1. The zero-order chi connectivity index (χ0) is 13.8. The van der Waals surface area contributed by atoms with Crippen LogP contribution in [0, 0.1) is 0 Å². The van der Waals surface area contributed by atoms with Crippen LogP contribution < -0.4 is 4.74 Å². The molecule has 0 bridgehead atoms. The van der Waals surface area contributed by atoms with Crippen molar-refractivity contribution in [2.24, 2.45) is 0 Å². The molecule has 1 aliphatic carbocycles. The predicted molar refractivity (Wildman–Crippen MR) is 81.4 cm³/mol. The number of aryl methyl sites for hydroxylation is 1. The fraction of sp³-hybridized carbons (Fsp3) is 0.353. The third kappa shape index (κ3) is 2.96. The van der Waals surface area contributed by atoms with E-state index in [1.165, 1.54) is 30.4 Å². The summed E-state index contributed by atoms with van der Waals surface area (Å²) < 4.78 is 5.90. The van der Waals surface area contributed by atoms with Gasteiger partial charge in [-0.05, 0) is 42.5 Å². The molecule has 1 aromatic carbocycles. The topological polar surface area (TPSA) is 22.1 Å². The van der Waals surface area contributed by atoms with E-state index in [9.17, 15) is 0 Å². The molecule has 1 unspecified atom stereocenters.